The van der Waals surface area contributed by atoms with E-state index in [1.165, 1.54) is 0 Å². The minimum absolute atomic E-state index is 0.140. The lowest BCUT2D eigenvalue weighted by molar-refractivity contribution is -0.160. The van der Waals surface area contributed by atoms with E-state index in [2.05, 4.69) is 42.4 Å². The summed E-state index contributed by atoms with van der Waals surface area (Å²) in [6.45, 7) is 13.8. The van der Waals surface area contributed by atoms with Gasteiger partial charge in [0, 0.05) is 58.9 Å². The number of amides is 2. The van der Waals surface area contributed by atoms with E-state index in [4.69, 9.17) is 24.4 Å². The number of anilines is 3. The molecule has 13 heteroatoms. The van der Waals surface area contributed by atoms with Gasteiger partial charge in [-0.2, -0.15) is 15.0 Å². The van der Waals surface area contributed by atoms with E-state index in [0.29, 0.717) is 50.6 Å². The van der Waals surface area contributed by atoms with Crippen molar-refractivity contribution in [3.8, 4) is 0 Å². The van der Waals surface area contributed by atoms with Crippen LogP contribution in [0, 0.1) is 0 Å². The fourth-order valence-electron chi connectivity index (χ4n) is 5.31. The topological polar surface area (TPSA) is 125 Å². The summed E-state index contributed by atoms with van der Waals surface area (Å²) >= 11 is 0. The van der Waals surface area contributed by atoms with Gasteiger partial charge in [-0.1, -0.05) is 0 Å². The Kier molecular flexibility index (Phi) is 9.18. The SMILES string of the molecule is CCN(CC)c1nc(N(CC)CC)nc(N2CCN(C(=O)OCOC3C(=O)CC(=O)N4CCCC34)CC2)n1. The summed E-state index contributed by atoms with van der Waals surface area (Å²) in [5.74, 6) is 1.53. The molecule has 2 unspecified atom stereocenters. The summed E-state index contributed by atoms with van der Waals surface area (Å²) in [5, 5.41) is 0. The summed E-state index contributed by atoms with van der Waals surface area (Å²) in [6, 6.07) is -0.256. The minimum Gasteiger partial charge on any atom is -0.422 e. The van der Waals surface area contributed by atoms with Crippen LogP contribution in [0.25, 0.3) is 0 Å². The lowest BCUT2D eigenvalue weighted by Gasteiger charge is -2.36. The molecule has 2 amide bonds. The minimum atomic E-state index is -0.733. The molecule has 0 saturated carbocycles. The Morgan fingerprint density at radius 2 is 1.50 bits per heavy atom. The van der Waals surface area contributed by atoms with Gasteiger partial charge in [0.1, 0.15) is 6.10 Å². The van der Waals surface area contributed by atoms with Crippen LogP contribution in [0.5, 0.6) is 0 Å². The Morgan fingerprint density at radius 1 is 0.895 bits per heavy atom. The van der Waals surface area contributed by atoms with Gasteiger partial charge in [-0.25, -0.2) is 4.79 Å². The standard InChI is InChI=1S/C25H40N8O5/c1-5-29(6-2)22-26-23(30(7-3)8-4)28-24(27-22)31-12-14-32(15-13-31)25(36)38-17-37-21-18-10-9-11-33(18)20(35)16-19(21)34/h18,21H,5-17H2,1-4H3. The zero-order chi connectivity index (χ0) is 27.2. The van der Waals surface area contributed by atoms with Crippen molar-refractivity contribution in [3.05, 3.63) is 0 Å². The number of piperidine rings is 1. The van der Waals surface area contributed by atoms with Crippen LogP contribution in [0.2, 0.25) is 0 Å². The number of fused-ring (bicyclic) bond motifs is 1. The third kappa shape index (κ3) is 5.92. The van der Waals surface area contributed by atoms with Crippen molar-refractivity contribution in [3.63, 3.8) is 0 Å². The summed E-state index contributed by atoms with van der Waals surface area (Å²) in [7, 11) is 0. The number of nitrogens with zero attached hydrogens (tertiary/aromatic N) is 8. The second-order valence-corrected chi connectivity index (χ2v) is 9.61. The largest absolute Gasteiger partial charge is 0.422 e. The summed E-state index contributed by atoms with van der Waals surface area (Å²) in [6.07, 6.45) is 0.197. The fourth-order valence-corrected chi connectivity index (χ4v) is 5.31. The molecule has 0 bridgehead atoms. The van der Waals surface area contributed by atoms with E-state index in [1.54, 1.807) is 9.80 Å². The molecule has 0 radical (unpaired) electrons. The number of piperazine rings is 1. The van der Waals surface area contributed by atoms with Crippen molar-refractivity contribution in [1.29, 1.82) is 0 Å². The highest BCUT2D eigenvalue weighted by Gasteiger charge is 2.44. The van der Waals surface area contributed by atoms with Crippen molar-refractivity contribution in [1.82, 2.24) is 24.8 Å². The van der Waals surface area contributed by atoms with Crippen LogP contribution in [-0.2, 0) is 19.1 Å². The predicted octanol–water partition coefficient (Wildman–Crippen LogP) is 1.13. The smallest absolute Gasteiger partial charge is 0.412 e. The van der Waals surface area contributed by atoms with Gasteiger partial charge in [0.2, 0.25) is 23.8 Å². The predicted molar refractivity (Wildman–Crippen MR) is 141 cm³/mol. The number of ether oxygens (including phenoxy) is 2. The highest BCUT2D eigenvalue weighted by molar-refractivity contribution is 6.03. The number of ketones is 1. The number of Topliss-reactive ketones (excluding diaryl/α,β-unsaturated/α-hetero) is 1. The number of hydrogen-bond donors (Lipinski definition) is 0. The maximum absolute atomic E-state index is 12.7. The zero-order valence-corrected chi connectivity index (χ0v) is 23.0. The summed E-state index contributed by atoms with van der Waals surface area (Å²) < 4.78 is 11.0. The first-order valence-corrected chi connectivity index (χ1v) is 13.8. The van der Waals surface area contributed by atoms with E-state index in [-0.39, 0.29) is 30.9 Å². The molecule has 3 saturated heterocycles. The molecule has 3 fully saturated rings. The molecule has 3 aliphatic rings. The highest BCUT2D eigenvalue weighted by Crippen LogP contribution is 2.28. The molecule has 13 nitrogen and oxygen atoms in total. The van der Waals surface area contributed by atoms with Crippen molar-refractivity contribution >= 4 is 35.6 Å². The number of aromatic nitrogens is 3. The van der Waals surface area contributed by atoms with E-state index in [9.17, 15) is 14.4 Å². The first-order chi connectivity index (χ1) is 18.4. The van der Waals surface area contributed by atoms with Crippen LogP contribution < -0.4 is 14.7 Å². The van der Waals surface area contributed by atoms with Gasteiger partial charge in [0.05, 0.1) is 12.5 Å². The van der Waals surface area contributed by atoms with Gasteiger partial charge in [-0.15, -0.1) is 0 Å². The zero-order valence-electron chi connectivity index (χ0n) is 23.0. The Labute approximate surface area is 224 Å². The van der Waals surface area contributed by atoms with Crippen LogP contribution in [-0.4, -0.2) is 120 Å². The normalized spacial score (nSPS) is 21.5. The molecule has 0 N–H and O–H groups in total. The molecule has 4 rings (SSSR count). The highest BCUT2D eigenvalue weighted by atomic mass is 16.7. The lowest BCUT2D eigenvalue weighted by Crippen LogP contribution is -2.54. The second kappa shape index (κ2) is 12.5. The van der Waals surface area contributed by atoms with Crippen molar-refractivity contribution < 1.29 is 23.9 Å². The molecule has 3 aliphatic heterocycles. The quantitative estimate of drug-likeness (QED) is 0.318. The molecule has 2 atom stereocenters. The van der Waals surface area contributed by atoms with Crippen LogP contribution in [0.4, 0.5) is 22.6 Å². The number of carbonyl (C=O) groups excluding carboxylic acids is 3. The van der Waals surface area contributed by atoms with Crippen LogP contribution in [0.1, 0.15) is 47.0 Å². The summed E-state index contributed by atoms with van der Waals surface area (Å²) in [5.41, 5.74) is 0. The molecule has 0 aliphatic carbocycles. The van der Waals surface area contributed by atoms with Gasteiger partial charge >= 0.3 is 6.09 Å². The first kappa shape index (κ1) is 27.8. The van der Waals surface area contributed by atoms with Crippen molar-refractivity contribution in [2.24, 2.45) is 0 Å². The average molecular weight is 533 g/mol. The van der Waals surface area contributed by atoms with E-state index >= 15 is 0 Å². The monoisotopic (exact) mass is 532 g/mol. The number of carbonyl (C=O) groups is 3. The third-order valence-corrected chi connectivity index (χ3v) is 7.56. The van der Waals surface area contributed by atoms with Gasteiger partial charge < -0.3 is 34.0 Å². The first-order valence-electron chi connectivity index (χ1n) is 13.8. The molecular weight excluding hydrogens is 492 g/mol. The van der Waals surface area contributed by atoms with E-state index < -0.39 is 12.2 Å². The van der Waals surface area contributed by atoms with E-state index in [0.717, 1.165) is 39.0 Å². The fraction of sp³-hybridized carbons (Fsp3) is 0.760. The summed E-state index contributed by atoms with van der Waals surface area (Å²) in [4.78, 5) is 60.9. The van der Waals surface area contributed by atoms with Crippen LogP contribution in [0.3, 0.4) is 0 Å². The Balaban J connectivity index is 1.33. The molecular formula is C25H40N8O5. The van der Waals surface area contributed by atoms with Gasteiger partial charge in [0.15, 0.2) is 12.6 Å². The van der Waals surface area contributed by atoms with Gasteiger partial charge in [0.25, 0.3) is 0 Å². The maximum atomic E-state index is 12.7. The van der Waals surface area contributed by atoms with Gasteiger partial charge in [-0.3, -0.25) is 9.59 Å². The molecule has 1 aromatic heterocycles. The van der Waals surface area contributed by atoms with Crippen LogP contribution >= 0.6 is 0 Å². The average Bonchev–Trinajstić information content (AvgIpc) is 3.42. The van der Waals surface area contributed by atoms with Gasteiger partial charge in [-0.05, 0) is 40.5 Å². The molecule has 4 heterocycles. The van der Waals surface area contributed by atoms with Crippen molar-refractivity contribution in [2.45, 2.75) is 59.1 Å². The molecule has 38 heavy (non-hydrogen) atoms. The third-order valence-electron chi connectivity index (χ3n) is 7.56. The molecule has 0 spiro atoms. The number of hydrogen-bond acceptors (Lipinski definition) is 11. The molecule has 210 valence electrons. The Bertz CT molecular complexity index is 964. The lowest BCUT2D eigenvalue weighted by atomic mass is 9.97. The van der Waals surface area contributed by atoms with Crippen molar-refractivity contribution in [2.75, 3.05) is 80.4 Å². The maximum Gasteiger partial charge on any atom is 0.412 e. The van der Waals surface area contributed by atoms with Crippen LogP contribution in [0.15, 0.2) is 0 Å². The van der Waals surface area contributed by atoms with E-state index in [1.807, 2.05) is 0 Å². The second-order valence-electron chi connectivity index (χ2n) is 9.61. The molecule has 1 aromatic rings. The Hall–Kier alpha value is -3.22. The number of rotatable bonds is 10. The molecule has 0 aromatic carbocycles. The Morgan fingerprint density at radius 3 is 2.08 bits per heavy atom.